The third kappa shape index (κ3) is 6.53. The summed E-state index contributed by atoms with van der Waals surface area (Å²) in [6.45, 7) is 4.50. The van der Waals surface area contributed by atoms with Crippen molar-refractivity contribution in [3.8, 4) is 0 Å². The number of nitro benzene ring substituents is 1. The second-order valence-electron chi connectivity index (χ2n) is 5.99. The number of carbonyl (C=O) groups is 1. The van der Waals surface area contributed by atoms with Gasteiger partial charge in [-0.05, 0) is 32.8 Å². The normalized spacial score (nSPS) is 12.1. The van der Waals surface area contributed by atoms with Crippen molar-refractivity contribution in [2.24, 2.45) is 0 Å². The number of esters is 1. The number of hydrogen-bond acceptors (Lipinski definition) is 5. The maximum absolute atomic E-state index is 13.0. The summed E-state index contributed by atoms with van der Waals surface area (Å²) in [5.41, 5.74) is -2.54. The average Bonchev–Trinajstić information content (AvgIpc) is 2.40. The van der Waals surface area contributed by atoms with Gasteiger partial charge in [-0.3, -0.25) is 10.1 Å². The van der Waals surface area contributed by atoms with Crippen LogP contribution in [0.4, 0.5) is 18.9 Å². The van der Waals surface area contributed by atoms with E-state index in [0.717, 1.165) is 12.1 Å². The van der Waals surface area contributed by atoms with Crippen LogP contribution in [0.3, 0.4) is 0 Å². The predicted octanol–water partition coefficient (Wildman–Crippen LogP) is 3.51. The van der Waals surface area contributed by atoms with Crippen molar-refractivity contribution in [2.75, 3.05) is 13.2 Å². The van der Waals surface area contributed by atoms with Crippen molar-refractivity contribution >= 4 is 11.7 Å². The van der Waals surface area contributed by atoms with Gasteiger partial charge in [-0.15, -0.1) is 0 Å². The van der Waals surface area contributed by atoms with Crippen LogP contribution in [0.2, 0.25) is 0 Å². The monoisotopic (exact) mass is 349 g/mol. The molecule has 0 atom stereocenters. The molecular formula is C15H18F3NO5. The first kappa shape index (κ1) is 19.9. The zero-order chi connectivity index (χ0) is 18.5. The topological polar surface area (TPSA) is 78.7 Å². The first-order valence-corrected chi connectivity index (χ1v) is 7.04. The molecule has 1 aromatic rings. The van der Waals surface area contributed by atoms with E-state index in [4.69, 9.17) is 9.47 Å². The molecule has 0 heterocycles. The molecule has 0 aromatic heterocycles. The number of halogens is 3. The van der Waals surface area contributed by atoms with Crippen molar-refractivity contribution < 1.29 is 32.4 Å². The molecule has 0 bridgehead atoms. The molecule has 0 fully saturated rings. The highest BCUT2D eigenvalue weighted by Crippen LogP contribution is 2.34. The number of ether oxygens (including phenoxy) is 2. The number of nitrogens with zero attached hydrogens (tertiary/aromatic N) is 1. The number of hydrogen-bond donors (Lipinski definition) is 0. The summed E-state index contributed by atoms with van der Waals surface area (Å²) in [6, 6.07) is 2.53. The van der Waals surface area contributed by atoms with Gasteiger partial charge in [0.15, 0.2) is 0 Å². The van der Waals surface area contributed by atoms with Gasteiger partial charge in [0.05, 0.1) is 17.1 Å². The molecule has 0 unspecified atom stereocenters. The molecule has 1 rings (SSSR count). The molecule has 0 aliphatic carbocycles. The molecule has 1 aromatic carbocycles. The summed E-state index contributed by atoms with van der Waals surface area (Å²) in [5.74, 6) is -0.623. The Labute approximate surface area is 136 Å². The second-order valence-corrected chi connectivity index (χ2v) is 5.99. The third-order valence-corrected chi connectivity index (χ3v) is 2.77. The highest BCUT2D eigenvalue weighted by atomic mass is 19.4. The van der Waals surface area contributed by atoms with Crippen molar-refractivity contribution in [3.05, 3.63) is 39.4 Å². The van der Waals surface area contributed by atoms with Gasteiger partial charge in [0, 0.05) is 12.1 Å². The molecule has 0 spiro atoms. The zero-order valence-electron chi connectivity index (χ0n) is 13.5. The van der Waals surface area contributed by atoms with Gasteiger partial charge in [-0.1, -0.05) is 6.07 Å². The Morgan fingerprint density at radius 2 is 1.88 bits per heavy atom. The number of benzene rings is 1. The molecule has 0 saturated heterocycles. The van der Waals surface area contributed by atoms with Gasteiger partial charge in [0.25, 0.3) is 5.69 Å². The number of carbonyl (C=O) groups excluding carboxylic acids is 1. The molecule has 0 aliphatic rings. The van der Waals surface area contributed by atoms with Gasteiger partial charge in [-0.25, -0.2) is 4.79 Å². The summed E-state index contributed by atoms with van der Waals surface area (Å²) >= 11 is 0. The van der Waals surface area contributed by atoms with E-state index in [1.165, 1.54) is 0 Å². The third-order valence-electron chi connectivity index (χ3n) is 2.77. The van der Waals surface area contributed by atoms with Crippen LogP contribution in [0.1, 0.15) is 31.9 Å². The van der Waals surface area contributed by atoms with Crippen LogP contribution in [-0.4, -0.2) is 29.7 Å². The smallest absolute Gasteiger partial charge is 0.416 e. The van der Waals surface area contributed by atoms with E-state index in [2.05, 4.69) is 0 Å². The molecule has 0 amide bonds. The highest BCUT2D eigenvalue weighted by molar-refractivity contribution is 5.71. The molecule has 24 heavy (non-hydrogen) atoms. The first-order valence-electron chi connectivity index (χ1n) is 7.04. The van der Waals surface area contributed by atoms with Gasteiger partial charge < -0.3 is 9.47 Å². The molecule has 0 saturated carbocycles. The lowest BCUT2D eigenvalue weighted by molar-refractivity contribution is -0.385. The summed E-state index contributed by atoms with van der Waals surface area (Å²) < 4.78 is 48.9. The fourth-order valence-electron chi connectivity index (χ4n) is 1.87. The van der Waals surface area contributed by atoms with E-state index in [0.29, 0.717) is 6.07 Å². The highest BCUT2D eigenvalue weighted by Gasteiger charge is 2.34. The van der Waals surface area contributed by atoms with Crippen LogP contribution in [0.25, 0.3) is 0 Å². The molecule has 0 aliphatic heterocycles. The molecule has 6 nitrogen and oxygen atoms in total. The zero-order valence-corrected chi connectivity index (χ0v) is 13.5. The van der Waals surface area contributed by atoms with Crippen molar-refractivity contribution in [1.82, 2.24) is 0 Å². The summed E-state index contributed by atoms with van der Waals surface area (Å²) in [6.07, 6.45) is -4.86. The molecule has 134 valence electrons. The van der Waals surface area contributed by atoms with Crippen LogP contribution in [0, 0.1) is 10.1 Å². The largest absolute Gasteiger partial charge is 0.458 e. The quantitative estimate of drug-likeness (QED) is 0.340. The lowest BCUT2D eigenvalue weighted by Gasteiger charge is -2.19. The van der Waals surface area contributed by atoms with Gasteiger partial charge in [-0.2, -0.15) is 13.2 Å². The Bertz CT molecular complexity index is 608. The van der Waals surface area contributed by atoms with Crippen LogP contribution in [0.5, 0.6) is 0 Å². The Hall–Kier alpha value is -2.16. The van der Waals surface area contributed by atoms with Gasteiger partial charge in [0.1, 0.15) is 12.2 Å². The average molecular weight is 349 g/mol. The van der Waals surface area contributed by atoms with Gasteiger partial charge >= 0.3 is 12.1 Å². The maximum atomic E-state index is 13.0. The Morgan fingerprint density at radius 3 is 2.38 bits per heavy atom. The van der Waals surface area contributed by atoms with Crippen LogP contribution >= 0.6 is 0 Å². The minimum Gasteiger partial charge on any atom is -0.458 e. The Morgan fingerprint density at radius 1 is 1.25 bits per heavy atom. The van der Waals surface area contributed by atoms with E-state index in [9.17, 15) is 28.1 Å². The lowest BCUT2D eigenvalue weighted by atomic mass is 10.0. The molecular weight excluding hydrogens is 331 g/mol. The molecule has 0 N–H and O–H groups in total. The van der Waals surface area contributed by atoms with Gasteiger partial charge in [0.2, 0.25) is 0 Å². The molecule has 0 radical (unpaired) electrons. The fraction of sp³-hybridized carbons (Fsp3) is 0.533. The summed E-state index contributed by atoms with van der Waals surface area (Å²) in [5, 5.41) is 10.6. The van der Waals surface area contributed by atoms with E-state index in [1.54, 1.807) is 20.8 Å². The van der Waals surface area contributed by atoms with Crippen LogP contribution in [0.15, 0.2) is 18.2 Å². The van der Waals surface area contributed by atoms with Crippen LogP contribution < -0.4 is 0 Å². The first-order chi connectivity index (χ1) is 10.9. The maximum Gasteiger partial charge on any atom is 0.416 e. The Balaban J connectivity index is 2.68. The van der Waals surface area contributed by atoms with Crippen molar-refractivity contribution in [2.45, 2.75) is 39.0 Å². The molecule has 9 heteroatoms. The summed E-state index contributed by atoms with van der Waals surface area (Å²) in [7, 11) is 0. The van der Waals surface area contributed by atoms with Crippen molar-refractivity contribution in [1.29, 1.82) is 0 Å². The standard InChI is InChI=1S/C15H18F3NO5/c1-14(2,3)24-13(20)9-23-7-6-10-4-5-11(19(21)22)8-12(10)15(16,17)18/h4-5,8H,6-7,9H2,1-3H3. The van der Waals surface area contributed by atoms with E-state index in [-0.39, 0.29) is 25.2 Å². The minimum atomic E-state index is -4.72. The predicted molar refractivity (Wildman–Crippen MR) is 78.5 cm³/mol. The van der Waals surface area contributed by atoms with Crippen molar-refractivity contribution in [3.63, 3.8) is 0 Å². The fourth-order valence-corrected chi connectivity index (χ4v) is 1.87. The van der Waals surface area contributed by atoms with Crippen LogP contribution in [-0.2, 0) is 26.9 Å². The van der Waals surface area contributed by atoms with E-state index in [1.807, 2.05) is 0 Å². The number of nitro groups is 1. The number of rotatable bonds is 6. The Kier molecular flexibility index (Phi) is 6.30. The minimum absolute atomic E-state index is 0.141. The van der Waals surface area contributed by atoms with E-state index >= 15 is 0 Å². The van der Waals surface area contributed by atoms with E-state index < -0.39 is 33.9 Å². The number of non-ortho nitro benzene ring substituents is 1. The lowest BCUT2D eigenvalue weighted by Crippen LogP contribution is -2.26. The number of alkyl halides is 3. The summed E-state index contributed by atoms with van der Waals surface area (Å²) in [4.78, 5) is 21.1. The SMILES string of the molecule is CC(C)(C)OC(=O)COCCc1ccc([N+](=O)[O-])cc1C(F)(F)F. The second kappa shape index (κ2) is 7.61.